The fraction of sp³-hybridized carbons (Fsp3) is 0.619. The first-order valence-corrected chi connectivity index (χ1v) is 9.81. The summed E-state index contributed by atoms with van der Waals surface area (Å²) in [5.74, 6) is 0.935. The Morgan fingerprint density at radius 1 is 1.23 bits per heavy atom. The molecular formula is C21H30N2O3. The van der Waals surface area contributed by atoms with Crippen LogP contribution in [0.15, 0.2) is 18.2 Å². The van der Waals surface area contributed by atoms with Gasteiger partial charge in [-0.3, -0.25) is 9.59 Å². The highest BCUT2D eigenvalue weighted by Crippen LogP contribution is 2.35. The lowest BCUT2D eigenvalue weighted by Gasteiger charge is -2.38. The predicted molar refractivity (Wildman–Crippen MR) is 103 cm³/mol. The van der Waals surface area contributed by atoms with Crippen LogP contribution in [-0.4, -0.2) is 48.9 Å². The molecule has 1 atom stereocenters. The van der Waals surface area contributed by atoms with Gasteiger partial charge in [-0.1, -0.05) is 26.2 Å². The number of ether oxygens (including phenoxy) is 1. The summed E-state index contributed by atoms with van der Waals surface area (Å²) in [4.78, 5) is 28.7. The number of nitrogens with zero attached hydrogens (tertiary/aromatic N) is 2. The molecule has 1 aliphatic heterocycles. The maximum absolute atomic E-state index is 12.9. The number of hydrogen-bond acceptors (Lipinski definition) is 4. The lowest BCUT2D eigenvalue weighted by molar-refractivity contribution is -0.131. The van der Waals surface area contributed by atoms with Crippen molar-refractivity contribution in [1.82, 2.24) is 4.90 Å². The quantitative estimate of drug-likeness (QED) is 0.754. The van der Waals surface area contributed by atoms with E-state index in [1.54, 1.807) is 13.0 Å². The van der Waals surface area contributed by atoms with Crippen LogP contribution in [0, 0.1) is 0 Å². The number of ketones is 1. The molecule has 1 amide bonds. The SMILES string of the molecule is CCC1CN(CC(=O)N(C)C2CCCCC2)c2cc(C(C)=O)ccc2O1. The summed E-state index contributed by atoms with van der Waals surface area (Å²) in [6, 6.07) is 5.88. The van der Waals surface area contributed by atoms with Crippen LogP contribution in [0.25, 0.3) is 0 Å². The maximum Gasteiger partial charge on any atom is 0.242 e. The van der Waals surface area contributed by atoms with Gasteiger partial charge in [0.05, 0.1) is 18.8 Å². The second kappa shape index (κ2) is 8.11. The summed E-state index contributed by atoms with van der Waals surface area (Å²) < 4.78 is 6.03. The van der Waals surface area contributed by atoms with E-state index in [2.05, 4.69) is 11.8 Å². The molecule has 1 aromatic carbocycles. The van der Waals surface area contributed by atoms with Crippen molar-refractivity contribution in [3.63, 3.8) is 0 Å². The zero-order chi connectivity index (χ0) is 18.7. The summed E-state index contributed by atoms with van der Waals surface area (Å²) in [5, 5.41) is 0. The Morgan fingerprint density at radius 2 is 1.96 bits per heavy atom. The van der Waals surface area contributed by atoms with E-state index in [9.17, 15) is 9.59 Å². The number of carbonyl (C=O) groups is 2. The molecule has 1 heterocycles. The minimum absolute atomic E-state index is 0.0241. The average molecular weight is 358 g/mol. The first-order chi connectivity index (χ1) is 12.5. The number of carbonyl (C=O) groups excluding carboxylic acids is 2. The van der Waals surface area contributed by atoms with Gasteiger partial charge in [0.2, 0.25) is 5.91 Å². The molecule has 0 radical (unpaired) electrons. The highest BCUT2D eigenvalue weighted by atomic mass is 16.5. The van der Waals surface area contributed by atoms with Crippen molar-refractivity contribution in [3.8, 4) is 5.75 Å². The highest BCUT2D eigenvalue weighted by molar-refractivity contribution is 5.96. The topological polar surface area (TPSA) is 49.9 Å². The Hall–Kier alpha value is -2.04. The average Bonchev–Trinajstić information content (AvgIpc) is 2.67. The Morgan fingerprint density at radius 3 is 2.62 bits per heavy atom. The van der Waals surface area contributed by atoms with E-state index < -0.39 is 0 Å². The van der Waals surface area contributed by atoms with Crippen LogP contribution in [0.1, 0.15) is 62.7 Å². The molecule has 5 heteroatoms. The molecule has 1 fully saturated rings. The molecule has 0 saturated heterocycles. The first kappa shape index (κ1) is 18.7. The highest BCUT2D eigenvalue weighted by Gasteiger charge is 2.29. The van der Waals surface area contributed by atoms with E-state index in [1.165, 1.54) is 19.3 Å². The Bertz CT molecular complexity index is 667. The molecule has 0 aromatic heterocycles. The monoisotopic (exact) mass is 358 g/mol. The third-order valence-electron chi connectivity index (χ3n) is 5.72. The summed E-state index contributed by atoms with van der Waals surface area (Å²) >= 11 is 0. The molecular weight excluding hydrogens is 328 g/mol. The van der Waals surface area contributed by atoms with Crippen molar-refractivity contribution in [2.24, 2.45) is 0 Å². The Labute approximate surface area is 156 Å². The van der Waals surface area contributed by atoms with Crippen LogP contribution in [0.4, 0.5) is 5.69 Å². The molecule has 142 valence electrons. The van der Waals surface area contributed by atoms with E-state index in [4.69, 9.17) is 4.74 Å². The van der Waals surface area contributed by atoms with Gasteiger partial charge in [0, 0.05) is 18.7 Å². The van der Waals surface area contributed by atoms with Crippen molar-refractivity contribution in [2.75, 3.05) is 25.0 Å². The summed E-state index contributed by atoms with van der Waals surface area (Å²) in [6.45, 7) is 4.66. The van der Waals surface area contributed by atoms with E-state index >= 15 is 0 Å². The number of Topliss-reactive ketones (excluding diaryl/α,β-unsaturated/α-hetero) is 1. The molecule has 3 rings (SSSR count). The van der Waals surface area contributed by atoms with Crippen LogP contribution in [-0.2, 0) is 4.79 Å². The van der Waals surface area contributed by atoms with Gasteiger partial charge in [0.25, 0.3) is 0 Å². The van der Waals surface area contributed by atoms with Crippen LogP contribution in [0.5, 0.6) is 5.75 Å². The molecule has 1 unspecified atom stereocenters. The maximum atomic E-state index is 12.9. The number of benzene rings is 1. The largest absolute Gasteiger partial charge is 0.486 e. The minimum Gasteiger partial charge on any atom is -0.486 e. The zero-order valence-corrected chi connectivity index (χ0v) is 16.2. The van der Waals surface area contributed by atoms with E-state index in [-0.39, 0.29) is 17.8 Å². The van der Waals surface area contributed by atoms with E-state index in [0.717, 1.165) is 30.7 Å². The molecule has 0 spiro atoms. The Kier molecular flexibility index (Phi) is 5.84. The molecule has 1 aliphatic carbocycles. The summed E-state index contributed by atoms with van der Waals surface area (Å²) in [5.41, 5.74) is 1.51. The fourth-order valence-corrected chi connectivity index (χ4v) is 3.95. The normalized spacial score (nSPS) is 20.3. The standard InChI is InChI=1S/C21H30N2O3/c1-4-18-13-23(14-21(25)22(3)17-8-6-5-7-9-17)19-12-16(15(2)24)10-11-20(19)26-18/h10-12,17-18H,4-9,13-14H2,1-3H3. The van der Waals surface area contributed by atoms with Gasteiger partial charge in [0.15, 0.2) is 5.78 Å². The van der Waals surface area contributed by atoms with Gasteiger partial charge in [-0.25, -0.2) is 0 Å². The number of anilines is 1. The van der Waals surface area contributed by atoms with Gasteiger partial charge in [-0.2, -0.15) is 0 Å². The number of rotatable bonds is 5. The van der Waals surface area contributed by atoms with Crippen molar-refractivity contribution in [2.45, 2.75) is 64.5 Å². The molecule has 2 aliphatic rings. The van der Waals surface area contributed by atoms with Crippen LogP contribution in [0.3, 0.4) is 0 Å². The lowest BCUT2D eigenvalue weighted by Crippen LogP contribution is -2.48. The minimum atomic E-state index is 0.0241. The first-order valence-electron chi connectivity index (χ1n) is 9.81. The van der Waals surface area contributed by atoms with Gasteiger partial charge in [-0.15, -0.1) is 0 Å². The van der Waals surface area contributed by atoms with Crippen molar-refractivity contribution in [1.29, 1.82) is 0 Å². The van der Waals surface area contributed by atoms with Crippen molar-refractivity contribution >= 4 is 17.4 Å². The van der Waals surface area contributed by atoms with Crippen LogP contribution >= 0.6 is 0 Å². The second-order valence-electron chi connectivity index (χ2n) is 7.56. The molecule has 0 bridgehead atoms. The summed E-state index contributed by atoms with van der Waals surface area (Å²) in [7, 11) is 1.93. The number of hydrogen-bond donors (Lipinski definition) is 0. The molecule has 1 aromatic rings. The van der Waals surface area contributed by atoms with E-state index in [1.807, 2.05) is 24.1 Å². The van der Waals surface area contributed by atoms with Crippen molar-refractivity contribution in [3.05, 3.63) is 23.8 Å². The fourth-order valence-electron chi connectivity index (χ4n) is 3.95. The number of amides is 1. The lowest BCUT2D eigenvalue weighted by atomic mass is 9.94. The predicted octanol–water partition coefficient (Wildman–Crippen LogP) is 3.66. The molecule has 5 nitrogen and oxygen atoms in total. The molecule has 1 saturated carbocycles. The molecule has 0 N–H and O–H groups in total. The van der Waals surface area contributed by atoms with Gasteiger partial charge < -0.3 is 14.5 Å². The zero-order valence-electron chi connectivity index (χ0n) is 16.2. The summed E-state index contributed by atoms with van der Waals surface area (Å²) in [6.07, 6.45) is 6.87. The number of fused-ring (bicyclic) bond motifs is 1. The van der Waals surface area contributed by atoms with Crippen LogP contribution in [0.2, 0.25) is 0 Å². The number of likely N-dealkylation sites (N-methyl/N-ethyl adjacent to an activating group) is 1. The van der Waals surface area contributed by atoms with Gasteiger partial charge >= 0.3 is 0 Å². The Balaban J connectivity index is 1.78. The van der Waals surface area contributed by atoms with Crippen LogP contribution < -0.4 is 9.64 Å². The van der Waals surface area contributed by atoms with Crippen molar-refractivity contribution < 1.29 is 14.3 Å². The molecule has 26 heavy (non-hydrogen) atoms. The van der Waals surface area contributed by atoms with E-state index in [0.29, 0.717) is 24.7 Å². The smallest absolute Gasteiger partial charge is 0.242 e. The van der Waals surface area contributed by atoms with Gasteiger partial charge in [0.1, 0.15) is 11.9 Å². The third-order valence-corrected chi connectivity index (χ3v) is 5.72. The van der Waals surface area contributed by atoms with Gasteiger partial charge in [-0.05, 0) is 44.4 Å². The third kappa shape index (κ3) is 4.02. The second-order valence-corrected chi connectivity index (χ2v) is 7.56.